The molecule has 1 saturated heterocycles. The molecule has 1 aromatic rings. The summed E-state index contributed by atoms with van der Waals surface area (Å²) >= 11 is 0. The summed E-state index contributed by atoms with van der Waals surface area (Å²) in [7, 11) is -1.37. The molecule has 0 bridgehead atoms. The molecule has 1 saturated carbocycles. The lowest BCUT2D eigenvalue weighted by molar-refractivity contribution is 0.289. The van der Waals surface area contributed by atoms with E-state index in [0.29, 0.717) is 24.7 Å². The van der Waals surface area contributed by atoms with Crippen LogP contribution < -0.4 is 10.1 Å². The number of nitrogens with zero attached hydrogens (tertiary/aromatic N) is 2. The van der Waals surface area contributed by atoms with Gasteiger partial charge in [0.2, 0.25) is 11.8 Å². The largest absolute Gasteiger partial charge is 0.481 e. The average molecular weight is 297 g/mol. The molecule has 1 aliphatic carbocycles. The first-order valence-corrected chi connectivity index (χ1v) is 8.56. The number of sulfone groups is 1. The van der Waals surface area contributed by atoms with E-state index >= 15 is 0 Å². The Labute approximate surface area is 118 Å². The molecule has 1 atom stereocenters. The lowest BCUT2D eigenvalue weighted by Crippen LogP contribution is -2.53. The van der Waals surface area contributed by atoms with Crippen LogP contribution in [0.4, 0.5) is 5.95 Å². The van der Waals surface area contributed by atoms with Gasteiger partial charge < -0.3 is 10.1 Å². The predicted octanol–water partition coefficient (Wildman–Crippen LogP) is 1.40. The van der Waals surface area contributed by atoms with E-state index in [9.17, 15) is 8.42 Å². The Morgan fingerprint density at radius 1 is 1.45 bits per heavy atom. The van der Waals surface area contributed by atoms with Gasteiger partial charge in [-0.1, -0.05) is 6.42 Å². The highest BCUT2D eigenvalue weighted by atomic mass is 32.2. The van der Waals surface area contributed by atoms with Crippen molar-refractivity contribution in [3.05, 3.63) is 12.3 Å². The summed E-state index contributed by atoms with van der Waals surface area (Å²) in [5.74, 6) is 1.27. The lowest BCUT2D eigenvalue weighted by atomic mass is 9.79. The fourth-order valence-corrected chi connectivity index (χ4v) is 5.50. The van der Waals surface area contributed by atoms with Gasteiger partial charge >= 0.3 is 0 Å². The van der Waals surface area contributed by atoms with Crippen LogP contribution in [0.3, 0.4) is 0 Å². The van der Waals surface area contributed by atoms with Gasteiger partial charge in [0, 0.05) is 18.3 Å². The van der Waals surface area contributed by atoms with Gasteiger partial charge in [0.05, 0.1) is 17.6 Å². The second kappa shape index (κ2) is 4.87. The van der Waals surface area contributed by atoms with Crippen LogP contribution in [0.1, 0.15) is 32.1 Å². The maximum atomic E-state index is 12.2. The van der Waals surface area contributed by atoms with Crippen molar-refractivity contribution in [2.45, 2.75) is 42.9 Å². The van der Waals surface area contributed by atoms with E-state index in [1.807, 2.05) is 0 Å². The lowest BCUT2D eigenvalue weighted by Gasteiger charge is -2.46. The summed E-state index contributed by atoms with van der Waals surface area (Å²) in [4.78, 5) is 8.38. The summed E-state index contributed by atoms with van der Waals surface area (Å²) in [6.45, 7) is 0. The number of aromatic nitrogens is 2. The third kappa shape index (κ3) is 2.24. The highest BCUT2D eigenvalue weighted by Crippen LogP contribution is 2.46. The quantitative estimate of drug-likeness (QED) is 0.908. The van der Waals surface area contributed by atoms with Crippen molar-refractivity contribution in [1.29, 1.82) is 0 Å². The fourth-order valence-electron chi connectivity index (χ4n) is 3.11. The zero-order chi connectivity index (χ0) is 14.2. The standard InChI is InChI=1S/C13H19N3O3S/c1-19-11-3-7-14-12(16-11)15-10-4-8-20(17,18)13(9-10)5-2-6-13/h3,7,10H,2,4-6,8-9H2,1H3,(H,14,15,16). The van der Waals surface area contributed by atoms with Gasteiger partial charge in [-0.15, -0.1) is 0 Å². The first-order valence-electron chi connectivity index (χ1n) is 6.91. The van der Waals surface area contributed by atoms with Crippen LogP contribution in [-0.4, -0.2) is 42.0 Å². The van der Waals surface area contributed by atoms with Crippen molar-refractivity contribution < 1.29 is 13.2 Å². The van der Waals surface area contributed by atoms with Gasteiger partial charge in [-0.2, -0.15) is 4.98 Å². The molecule has 0 aromatic carbocycles. The Morgan fingerprint density at radius 2 is 2.25 bits per heavy atom. The number of methoxy groups -OCH3 is 1. The predicted molar refractivity (Wildman–Crippen MR) is 75.6 cm³/mol. The molecule has 1 unspecified atom stereocenters. The molecule has 2 heterocycles. The van der Waals surface area contributed by atoms with Crippen LogP contribution in [0.5, 0.6) is 5.88 Å². The molecular weight excluding hydrogens is 278 g/mol. The molecule has 20 heavy (non-hydrogen) atoms. The van der Waals surface area contributed by atoms with Crippen LogP contribution in [0.15, 0.2) is 12.3 Å². The maximum absolute atomic E-state index is 12.2. The molecular formula is C13H19N3O3S. The Balaban J connectivity index is 1.73. The number of anilines is 1. The molecule has 6 nitrogen and oxygen atoms in total. The SMILES string of the molecule is COc1ccnc(NC2CCS(=O)(=O)C3(CCC3)C2)n1. The zero-order valence-corrected chi connectivity index (χ0v) is 12.3. The molecule has 1 N–H and O–H groups in total. The first kappa shape index (κ1) is 13.6. The third-order valence-electron chi connectivity index (χ3n) is 4.45. The van der Waals surface area contributed by atoms with E-state index < -0.39 is 14.6 Å². The van der Waals surface area contributed by atoms with E-state index in [1.54, 1.807) is 19.4 Å². The van der Waals surface area contributed by atoms with Gasteiger partial charge in [0.25, 0.3) is 0 Å². The second-order valence-corrected chi connectivity index (χ2v) is 8.12. The molecule has 7 heteroatoms. The van der Waals surface area contributed by atoms with Gasteiger partial charge in [-0.3, -0.25) is 0 Å². The first-order chi connectivity index (χ1) is 9.55. The molecule has 2 aliphatic rings. The van der Waals surface area contributed by atoms with Crippen molar-refractivity contribution in [2.75, 3.05) is 18.2 Å². The minimum Gasteiger partial charge on any atom is -0.481 e. The summed E-state index contributed by atoms with van der Waals surface area (Å²) < 4.78 is 29.0. The van der Waals surface area contributed by atoms with Gasteiger partial charge in [-0.05, 0) is 25.7 Å². The van der Waals surface area contributed by atoms with E-state index in [1.165, 1.54) is 0 Å². The van der Waals surface area contributed by atoms with Gasteiger partial charge in [-0.25, -0.2) is 13.4 Å². The van der Waals surface area contributed by atoms with Crippen LogP contribution in [0.2, 0.25) is 0 Å². The summed E-state index contributed by atoms with van der Waals surface area (Å²) in [5, 5.41) is 3.25. The fraction of sp³-hybridized carbons (Fsp3) is 0.692. The number of hydrogen-bond acceptors (Lipinski definition) is 6. The third-order valence-corrected chi connectivity index (χ3v) is 7.12. The minimum absolute atomic E-state index is 0.117. The average Bonchev–Trinajstić information content (AvgIpc) is 2.39. The zero-order valence-electron chi connectivity index (χ0n) is 11.5. The van der Waals surface area contributed by atoms with Crippen LogP contribution in [0, 0.1) is 0 Å². The van der Waals surface area contributed by atoms with Gasteiger partial charge in [0.1, 0.15) is 0 Å². The Hall–Kier alpha value is -1.37. The van der Waals surface area contributed by atoms with E-state index in [-0.39, 0.29) is 11.8 Å². The smallest absolute Gasteiger partial charge is 0.226 e. The summed E-state index contributed by atoms with van der Waals surface area (Å²) in [6.07, 6.45) is 5.52. The topological polar surface area (TPSA) is 81.2 Å². The molecule has 2 fully saturated rings. The Morgan fingerprint density at radius 3 is 2.90 bits per heavy atom. The maximum Gasteiger partial charge on any atom is 0.226 e. The number of hydrogen-bond donors (Lipinski definition) is 1. The molecule has 110 valence electrons. The van der Waals surface area contributed by atoms with Gasteiger partial charge in [0.15, 0.2) is 9.84 Å². The number of rotatable bonds is 3. The molecule has 0 amide bonds. The summed E-state index contributed by atoms with van der Waals surface area (Å²) in [6, 6.07) is 1.80. The van der Waals surface area contributed by atoms with Crippen LogP contribution in [0.25, 0.3) is 0 Å². The Bertz CT molecular complexity index is 599. The molecule has 3 rings (SSSR count). The van der Waals surface area contributed by atoms with E-state index in [0.717, 1.165) is 19.3 Å². The normalized spacial score (nSPS) is 26.8. The highest BCUT2D eigenvalue weighted by molar-refractivity contribution is 7.92. The van der Waals surface area contributed by atoms with Crippen molar-refractivity contribution in [1.82, 2.24) is 9.97 Å². The molecule has 1 spiro atoms. The minimum atomic E-state index is -2.93. The monoisotopic (exact) mass is 297 g/mol. The second-order valence-electron chi connectivity index (χ2n) is 5.61. The van der Waals surface area contributed by atoms with Crippen molar-refractivity contribution in [2.24, 2.45) is 0 Å². The number of nitrogens with one attached hydrogen (secondary N) is 1. The summed E-state index contributed by atoms with van der Waals surface area (Å²) in [5.41, 5.74) is 0. The molecule has 1 aromatic heterocycles. The molecule has 0 radical (unpaired) electrons. The molecule has 1 aliphatic heterocycles. The van der Waals surface area contributed by atoms with E-state index in [2.05, 4.69) is 15.3 Å². The highest BCUT2D eigenvalue weighted by Gasteiger charge is 2.52. The Kier molecular flexibility index (Phi) is 3.32. The van der Waals surface area contributed by atoms with Crippen LogP contribution >= 0.6 is 0 Å². The number of ether oxygens (including phenoxy) is 1. The van der Waals surface area contributed by atoms with Crippen molar-refractivity contribution in [3.63, 3.8) is 0 Å². The van der Waals surface area contributed by atoms with E-state index in [4.69, 9.17) is 4.74 Å². The van der Waals surface area contributed by atoms with Crippen molar-refractivity contribution in [3.8, 4) is 5.88 Å². The van der Waals surface area contributed by atoms with Crippen LogP contribution in [-0.2, 0) is 9.84 Å². The van der Waals surface area contributed by atoms with Crippen molar-refractivity contribution >= 4 is 15.8 Å².